The maximum absolute atomic E-state index is 13.5. The Bertz CT molecular complexity index is 873. The molecule has 0 bridgehead atoms. The highest BCUT2D eigenvalue weighted by Crippen LogP contribution is 2.25. The lowest BCUT2D eigenvalue weighted by Gasteiger charge is -2.39. The number of amides is 4. The minimum Gasteiger partial charge on any atom is -0.349 e. The molecular weight excluding hydrogens is 448 g/mol. The SMILES string of the molecule is CC(C)C[C@H](CC(=O)NO)C(=O)N[C@H](C(=O)N1CCC(NC(=O)c2ccccc2)CC1)C(C)(C)C. The number of nitrogens with zero attached hydrogens (tertiary/aromatic N) is 1. The molecule has 1 aliphatic heterocycles. The van der Waals surface area contributed by atoms with E-state index in [4.69, 9.17) is 5.21 Å². The molecule has 1 heterocycles. The number of nitrogens with one attached hydrogen (secondary N) is 3. The maximum atomic E-state index is 13.5. The van der Waals surface area contributed by atoms with Gasteiger partial charge in [0.15, 0.2) is 0 Å². The molecule has 0 saturated carbocycles. The summed E-state index contributed by atoms with van der Waals surface area (Å²) < 4.78 is 0. The van der Waals surface area contributed by atoms with E-state index in [0.29, 0.717) is 37.9 Å². The topological polar surface area (TPSA) is 128 Å². The first-order valence-corrected chi connectivity index (χ1v) is 12.3. The van der Waals surface area contributed by atoms with Crippen molar-refractivity contribution in [2.45, 2.75) is 72.4 Å². The molecule has 1 aliphatic rings. The number of benzene rings is 1. The molecule has 0 aromatic heterocycles. The molecule has 1 fully saturated rings. The first-order valence-electron chi connectivity index (χ1n) is 12.3. The van der Waals surface area contributed by atoms with Gasteiger partial charge in [-0.1, -0.05) is 52.8 Å². The van der Waals surface area contributed by atoms with Crippen LogP contribution < -0.4 is 16.1 Å². The zero-order valence-electron chi connectivity index (χ0n) is 21.5. The van der Waals surface area contributed by atoms with E-state index in [9.17, 15) is 19.2 Å². The Labute approximate surface area is 208 Å². The average Bonchev–Trinajstić information content (AvgIpc) is 2.81. The lowest BCUT2D eigenvalue weighted by Crippen LogP contribution is -2.58. The Hall–Kier alpha value is -2.94. The fraction of sp³-hybridized carbons (Fsp3) is 0.615. The van der Waals surface area contributed by atoms with E-state index in [1.165, 1.54) is 0 Å². The fourth-order valence-electron chi connectivity index (χ4n) is 4.32. The molecule has 0 unspecified atom stereocenters. The Kier molecular flexibility index (Phi) is 10.2. The van der Waals surface area contributed by atoms with Gasteiger partial charge in [0.25, 0.3) is 5.91 Å². The van der Waals surface area contributed by atoms with E-state index in [1.54, 1.807) is 22.5 Å². The molecule has 1 aromatic rings. The van der Waals surface area contributed by atoms with Crippen molar-refractivity contribution < 1.29 is 24.4 Å². The number of carbonyl (C=O) groups excluding carboxylic acids is 4. The van der Waals surface area contributed by atoms with Gasteiger partial charge in [-0.2, -0.15) is 0 Å². The fourth-order valence-corrected chi connectivity index (χ4v) is 4.32. The zero-order valence-corrected chi connectivity index (χ0v) is 21.5. The number of hydroxylamine groups is 1. The van der Waals surface area contributed by atoms with Crippen LogP contribution >= 0.6 is 0 Å². The monoisotopic (exact) mass is 488 g/mol. The summed E-state index contributed by atoms with van der Waals surface area (Å²) in [6.07, 6.45) is 1.55. The molecule has 0 radical (unpaired) electrons. The van der Waals surface area contributed by atoms with Crippen molar-refractivity contribution in [3.63, 3.8) is 0 Å². The van der Waals surface area contributed by atoms with E-state index in [1.807, 2.05) is 52.8 Å². The van der Waals surface area contributed by atoms with Crippen LogP contribution in [0.4, 0.5) is 0 Å². The molecule has 9 nitrogen and oxygen atoms in total. The van der Waals surface area contributed by atoms with Crippen LogP contribution in [-0.4, -0.2) is 58.9 Å². The summed E-state index contributed by atoms with van der Waals surface area (Å²) in [4.78, 5) is 52.5. The quantitative estimate of drug-likeness (QED) is 0.314. The molecule has 194 valence electrons. The molecule has 2 atom stereocenters. The van der Waals surface area contributed by atoms with Crippen molar-refractivity contribution in [1.29, 1.82) is 0 Å². The Morgan fingerprint density at radius 1 is 1.06 bits per heavy atom. The van der Waals surface area contributed by atoms with Crippen LogP contribution in [0.15, 0.2) is 30.3 Å². The van der Waals surface area contributed by atoms with Gasteiger partial charge in [-0.05, 0) is 42.7 Å². The summed E-state index contributed by atoms with van der Waals surface area (Å²) in [7, 11) is 0. The van der Waals surface area contributed by atoms with Crippen LogP contribution in [0.25, 0.3) is 0 Å². The van der Waals surface area contributed by atoms with Crippen molar-refractivity contribution >= 4 is 23.6 Å². The first kappa shape index (κ1) is 28.3. The van der Waals surface area contributed by atoms with Gasteiger partial charge in [0.05, 0.1) is 0 Å². The summed E-state index contributed by atoms with van der Waals surface area (Å²) in [5.41, 5.74) is 1.64. The Balaban J connectivity index is 2.01. The maximum Gasteiger partial charge on any atom is 0.251 e. The van der Waals surface area contributed by atoms with Gasteiger partial charge in [0, 0.05) is 37.0 Å². The normalized spacial score (nSPS) is 16.4. The molecule has 9 heteroatoms. The predicted molar refractivity (Wildman–Crippen MR) is 132 cm³/mol. The number of hydrogen-bond donors (Lipinski definition) is 4. The van der Waals surface area contributed by atoms with Crippen LogP contribution in [0.1, 0.15) is 70.7 Å². The average molecular weight is 489 g/mol. The van der Waals surface area contributed by atoms with Gasteiger partial charge >= 0.3 is 0 Å². The van der Waals surface area contributed by atoms with Crippen LogP contribution in [0.3, 0.4) is 0 Å². The minimum absolute atomic E-state index is 0.0261. The van der Waals surface area contributed by atoms with E-state index in [2.05, 4.69) is 10.6 Å². The van der Waals surface area contributed by atoms with Crippen LogP contribution in [0.5, 0.6) is 0 Å². The third kappa shape index (κ3) is 8.65. The van der Waals surface area contributed by atoms with Crippen LogP contribution in [0, 0.1) is 17.3 Å². The van der Waals surface area contributed by atoms with Crippen molar-refractivity contribution in [2.75, 3.05) is 13.1 Å². The highest BCUT2D eigenvalue weighted by atomic mass is 16.5. The summed E-state index contributed by atoms with van der Waals surface area (Å²) in [5, 5.41) is 14.8. The smallest absolute Gasteiger partial charge is 0.251 e. The van der Waals surface area contributed by atoms with Crippen LogP contribution in [-0.2, 0) is 14.4 Å². The van der Waals surface area contributed by atoms with E-state index in [0.717, 1.165) is 0 Å². The van der Waals surface area contributed by atoms with E-state index in [-0.39, 0.29) is 36.1 Å². The third-order valence-corrected chi connectivity index (χ3v) is 6.26. The van der Waals surface area contributed by atoms with Gasteiger partial charge in [-0.15, -0.1) is 0 Å². The number of rotatable bonds is 9. The molecule has 2 rings (SSSR count). The largest absolute Gasteiger partial charge is 0.349 e. The zero-order chi connectivity index (χ0) is 26.2. The van der Waals surface area contributed by atoms with Crippen LogP contribution in [0.2, 0.25) is 0 Å². The summed E-state index contributed by atoms with van der Waals surface area (Å²) in [5.74, 6) is -1.80. The molecule has 0 spiro atoms. The second kappa shape index (κ2) is 12.7. The summed E-state index contributed by atoms with van der Waals surface area (Å²) >= 11 is 0. The number of piperidine rings is 1. The van der Waals surface area contributed by atoms with Gasteiger partial charge in [0.1, 0.15) is 6.04 Å². The van der Waals surface area contributed by atoms with Gasteiger partial charge in [0.2, 0.25) is 17.7 Å². The molecule has 4 N–H and O–H groups in total. The van der Waals surface area contributed by atoms with Crippen molar-refractivity contribution in [3.05, 3.63) is 35.9 Å². The highest BCUT2D eigenvalue weighted by molar-refractivity contribution is 5.94. The number of likely N-dealkylation sites (tertiary alicyclic amines) is 1. The van der Waals surface area contributed by atoms with Crippen molar-refractivity contribution in [2.24, 2.45) is 17.3 Å². The third-order valence-electron chi connectivity index (χ3n) is 6.26. The summed E-state index contributed by atoms with van der Waals surface area (Å²) in [6, 6.07) is 8.23. The second-order valence-electron chi connectivity index (χ2n) is 10.8. The Morgan fingerprint density at radius 3 is 2.17 bits per heavy atom. The lowest BCUT2D eigenvalue weighted by atomic mass is 9.84. The van der Waals surface area contributed by atoms with Crippen molar-refractivity contribution in [1.82, 2.24) is 21.0 Å². The van der Waals surface area contributed by atoms with Gasteiger partial charge in [-0.3, -0.25) is 24.4 Å². The standard InChI is InChI=1S/C26H40N4O5/c1-17(2)15-19(16-21(31)29-35)24(33)28-22(26(3,4)5)25(34)30-13-11-20(12-14-30)27-23(32)18-9-7-6-8-10-18/h6-10,17,19-20,22,35H,11-16H2,1-5H3,(H,27,32)(H,28,33)(H,29,31)/t19-,22-/m1/s1. The molecule has 1 aromatic carbocycles. The van der Waals surface area contributed by atoms with Crippen molar-refractivity contribution in [3.8, 4) is 0 Å². The second-order valence-corrected chi connectivity index (χ2v) is 10.8. The van der Waals surface area contributed by atoms with E-state index < -0.39 is 23.3 Å². The van der Waals surface area contributed by atoms with Gasteiger partial charge in [-0.25, -0.2) is 5.48 Å². The summed E-state index contributed by atoms with van der Waals surface area (Å²) in [6.45, 7) is 10.5. The minimum atomic E-state index is -0.766. The molecular formula is C26H40N4O5. The molecule has 35 heavy (non-hydrogen) atoms. The highest BCUT2D eigenvalue weighted by Gasteiger charge is 2.38. The van der Waals surface area contributed by atoms with Gasteiger partial charge < -0.3 is 15.5 Å². The molecule has 1 saturated heterocycles. The Morgan fingerprint density at radius 2 is 1.66 bits per heavy atom. The van der Waals surface area contributed by atoms with E-state index >= 15 is 0 Å². The predicted octanol–water partition coefficient (Wildman–Crippen LogP) is 2.50. The number of hydrogen-bond acceptors (Lipinski definition) is 5. The molecule has 0 aliphatic carbocycles. The molecule has 4 amide bonds. The number of carbonyl (C=O) groups is 4. The first-order chi connectivity index (χ1) is 16.4. The lowest BCUT2D eigenvalue weighted by molar-refractivity contribution is -0.142.